The van der Waals surface area contributed by atoms with E-state index in [1.807, 2.05) is 49.7 Å². The molecule has 1 aromatic carbocycles. The molecule has 152 valence electrons. The van der Waals surface area contributed by atoms with E-state index in [0.717, 1.165) is 34.9 Å². The Morgan fingerprint density at radius 3 is 2.59 bits per heavy atom. The number of nitrogens with zero attached hydrogens (tertiary/aromatic N) is 2. The second-order valence-electron chi connectivity index (χ2n) is 6.55. The van der Waals surface area contributed by atoms with Crippen molar-refractivity contribution < 1.29 is 9.53 Å². The molecule has 0 spiro atoms. The van der Waals surface area contributed by atoms with Gasteiger partial charge in [-0.3, -0.25) is 4.68 Å². The van der Waals surface area contributed by atoms with Crippen LogP contribution in [0.2, 0.25) is 0 Å². The first-order valence-electron chi connectivity index (χ1n) is 9.29. The number of thiocarbonyl (C=S) groups is 1. The highest BCUT2D eigenvalue weighted by molar-refractivity contribution is 7.80. The maximum absolute atomic E-state index is 12.3. The molecule has 6 nitrogen and oxygen atoms in total. The lowest BCUT2D eigenvalue weighted by Crippen LogP contribution is -2.20. The Bertz CT molecular complexity index is 1020. The summed E-state index contributed by atoms with van der Waals surface area (Å²) in [5.41, 5.74) is 4.42. The number of ether oxygens (including phenoxy) is 1. The molecule has 0 radical (unpaired) electrons. The van der Waals surface area contributed by atoms with Gasteiger partial charge in [0.15, 0.2) is 5.11 Å². The third kappa shape index (κ3) is 4.83. The number of hydrogen-bond acceptors (Lipinski definition) is 5. The Morgan fingerprint density at radius 2 is 1.97 bits per heavy atom. The lowest BCUT2D eigenvalue weighted by Gasteiger charge is -2.11. The minimum atomic E-state index is -0.392. The van der Waals surface area contributed by atoms with E-state index in [2.05, 4.69) is 27.9 Å². The Hall–Kier alpha value is -2.71. The molecular weight excluding hydrogens is 404 g/mol. The number of anilines is 2. The lowest BCUT2D eigenvalue weighted by molar-refractivity contribution is 0.0602. The molecule has 2 aromatic heterocycles. The molecule has 0 saturated heterocycles. The zero-order valence-electron chi connectivity index (χ0n) is 16.9. The van der Waals surface area contributed by atoms with Gasteiger partial charge in [-0.05, 0) is 44.6 Å². The SMILES string of the molecule is CCn1nc(C)c(NC(=S)Nc2sc(Cc3ccccc3)cc2C(=O)OC)c1C. The molecule has 29 heavy (non-hydrogen) atoms. The van der Waals surface area contributed by atoms with Crippen molar-refractivity contribution in [1.82, 2.24) is 9.78 Å². The van der Waals surface area contributed by atoms with Crippen LogP contribution in [0.15, 0.2) is 36.4 Å². The van der Waals surface area contributed by atoms with E-state index < -0.39 is 5.97 Å². The summed E-state index contributed by atoms with van der Waals surface area (Å²) in [5, 5.41) is 11.9. The first kappa shape index (κ1) is 21.0. The maximum atomic E-state index is 12.3. The fraction of sp³-hybridized carbons (Fsp3) is 0.286. The van der Waals surface area contributed by atoms with Crippen molar-refractivity contribution >= 4 is 45.3 Å². The molecule has 2 heterocycles. The molecule has 0 atom stereocenters. The summed E-state index contributed by atoms with van der Waals surface area (Å²) in [6, 6.07) is 12.0. The van der Waals surface area contributed by atoms with Crippen LogP contribution in [-0.4, -0.2) is 28.0 Å². The van der Waals surface area contributed by atoms with Crippen molar-refractivity contribution in [2.45, 2.75) is 33.7 Å². The summed E-state index contributed by atoms with van der Waals surface area (Å²) in [6.45, 7) is 6.77. The van der Waals surface area contributed by atoms with Crippen LogP contribution in [0.1, 0.15) is 39.1 Å². The predicted molar refractivity (Wildman–Crippen MR) is 122 cm³/mol. The first-order valence-corrected chi connectivity index (χ1v) is 10.5. The Morgan fingerprint density at radius 1 is 1.24 bits per heavy atom. The summed E-state index contributed by atoms with van der Waals surface area (Å²) in [6.07, 6.45) is 0.735. The molecular formula is C21H24N4O2S2. The summed E-state index contributed by atoms with van der Waals surface area (Å²) in [4.78, 5) is 13.3. The minimum absolute atomic E-state index is 0.392. The molecule has 0 amide bonds. The lowest BCUT2D eigenvalue weighted by atomic mass is 10.1. The average molecular weight is 429 g/mol. The zero-order chi connectivity index (χ0) is 21.0. The minimum Gasteiger partial charge on any atom is -0.465 e. The number of thiophene rings is 1. The molecule has 0 bridgehead atoms. The van der Waals surface area contributed by atoms with Gasteiger partial charge in [-0.25, -0.2) is 4.79 Å². The van der Waals surface area contributed by atoms with Crippen molar-refractivity contribution in [3.63, 3.8) is 0 Å². The first-order chi connectivity index (χ1) is 13.9. The molecule has 3 aromatic rings. The van der Waals surface area contributed by atoms with Gasteiger partial charge >= 0.3 is 5.97 Å². The number of carbonyl (C=O) groups excluding carboxylic acids is 1. The number of carbonyl (C=O) groups is 1. The highest BCUT2D eigenvalue weighted by Crippen LogP contribution is 2.31. The Kier molecular flexibility index (Phi) is 6.66. The third-order valence-electron chi connectivity index (χ3n) is 4.56. The van der Waals surface area contributed by atoms with Gasteiger partial charge < -0.3 is 15.4 Å². The van der Waals surface area contributed by atoms with Gasteiger partial charge in [-0.1, -0.05) is 30.3 Å². The monoisotopic (exact) mass is 428 g/mol. The summed E-state index contributed by atoms with van der Waals surface area (Å²) >= 11 is 6.99. The van der Waals surface area contributed by atoms with Gasteiger partial charge in [0.05, 0.1) is 29.7 Å². The zero-order valence-corrected chi connectivity index (χ0v) is 18.5. The number of aromatic nitrogens is 2. The Balaban J connectivity index is 1.81. The van der Waals surface area contributed by atoms with Crippen molar-refractivity contribution in [3.8, 4) is 0 Å². The molecule has 0 unspecified atom stereocenters. The van der Waals surface area contributed by atoms with Crippen LogP contribution in [0, 0.1) is 13.8 Å². The van der Waals surface area contributed by atoms with E-state index in [1.165, 1.54) is 24.0 Å². The molecule has 8 heteroatoms. The van der Waals surface area contributed by atoms with Gasteiger partial charge in [0.2, 0.25) is 0 Å². The van der Waals surface area contributed by atoms with Gasteiger partial charge in [0.1, 0.15) is 5.00 Å². The number of methoxy groups -OCH3 is 1. The number of aryl methyl sites for hydroxylation is 2. The summed E-state index contributed by atoms with van der Waals surface area (Å²) in [5.74, 6) is -0.392. The normalized spacial score (nSPS) is 10.6. The predicted octanol–water partition coefficient (Wildman–Crippen LogP) is 4.77. The maximum Gasteiger partial charge on any atom is 0.340 e. The van der Waals surface area contributed by atoms with E-state index in [-0.39, 0.29) is 0 Å². The Labute approximate surface area is 179 Å². The number of esters is 1. The quantitative estimate of drug-likeness (QED) is 0.436. The molecule has 0 aliphatic rings. The van der Waals surface area contributed by atoms with Gasteiger partial charge in [0, 0.05) is 17.8 Å². The molecule has 0 aliphatic carbocycles. The molecule has 0 saturated carbocycles. The van der Waals surface area contributed by atoms with Crippen molar-refractivity contribution in [2.75, 3.05) is 17.7 Å². The van der Waals surface area contributed by atoms with Crippen LogP contribution in [0.4, 0.5) is 10.7 Å². The number of hydrogen-bond donors (Lipinski definition) is 2. The molecule has 3 rings (SSSR count). The van der Waals surface area contributed by atoms with E-state index in [4.69, 9.17) is 17.0 Å². The van der Waals surface area contributed by atoms with Crippen molar-refractivity contribution in [2.24, 2.45) is 0 Å². The van der Waals surface area contributed by atoms with E-state index >= 15 is 0 Å². The largest absolute Gasteiger partial charge is 0.465 e. The molecule has 0 fully saturated rings. The number of benzene rings is 1. The average Bonchev–Trinajstić information content (AvgIpc) is 3.23. The molecule has 0 aliphatic heterocycles. The van der Waals surface area contributed by atoms with Crippen LogP contribution >= 0.6 is 23.6 Å². The summed E-state index contributed by atoms with van der Waals surface area (Å²) < 4.78 is 6.87. The van der Waals surface area contributed by atoms with Crippen LogP contribution < -0.4 is 10.6 Å². The van der Waals surface area contributed by atoms with E-state index in [1.54, 1.807) is 0 Å². The standard InChI is InChI=1S/C21H24N4O2S2/c1-5-25-14(3)18(13(2)24-25)22-21(28)23-19-17(20(26)27-4)12-16(29-19)11-15-9-7-6-8-10-15/h6-10,12H,5,11H2,1-4H3,(H2,22,23,28). The van der Waals surface area contributed by atoms with Crippen molar-refractivity contribution in [3.05, 3.63) is 63.8 Å². The highest BCUT2D eigenvalue weighted by atomic mass is 32.1. The van der Waals surface area contributed by atoms with Gasteiger partial charge in [-0.2, -0.15) is 5.10 Å². The van der Waals surface area contributed by atoms with E-state index in [0.29, 0.717) is 15.7 Å². The van der Waals surface area contributed by atoms with Crippen LogP contribution in [0.3, 0.4) is 0 Å². The van der Waals surface area contributed by atoms with Crippen LogP contribution in [0.5, 0.6) is 0 Å². The summed E-state index contributed by atoms with van der Waals surface area (Å²) in [7, 11) is 1.38. The highest BCUT2D eigenvalue weighted by Gasteiger charge is 2.19. The van der Waals surface area contributed by atoms with E-state index in [9.17, 15) is 4.79 Å². The van der Waals surface area contributed by atoms with Crippen LogP contribution in [-0.2, 0) is 17.7 Å². The second kappa shape index (κ2) is 9.19. The number of rotatable bonds is 6. The molecule has 2 N–H and O–H groups in total. The van der Waals surface area contributed by atoms with Crippen LogP contribution in [0.25, 0.3) is 0 Å². The fourth-order valence-corrected chi connectivity index (χ4v) is 4.47. The third-order valence-corrected chi connectivity index (χ3v) is 5.81. The number of nitrogens with one attached hydrogen (secondary N) is 2. The van der Waals surface area contributed by atoms with Crippen molar-refractivity contribution in [1.29, 1.82) is 0 Å². The smallest absolute Gasteiger partial charge is 0.340 e. The van der Waals surface area contributed by atoms with Gasteiger partial charge in [-0.15, -0.1) is 11.3 Å². The fourth-order valence-electron chi connectivity index (χ4n) is 3.11. The second-order valence-corrected chi connectivity index (χ2v) is 8.10. The van der Waals surface area contributed by atoms with Gasteiger partial charge in [0.25, 0.3) is 0 Å². The topological polar surface area (TPSA) is 68.2 Å².